The first kappa shape index (κ1) is 22.2. The first-order valence-corrected chi connectivity index (χ1v) is 8.81. The first-order valence-electron chi connectivity index (χ1n) is 8.81. The highest BCUT2D eigenvalue weighted by Gasteiger charge is 2.29. The van der Waals surface area contributed by atoms with E-state index < -0.39 is 0 Å². The fourth-order valence-corrected chi connectivity index (χ4v) is 2.75. The van der Waals surface area contributed by atoms with Crippen molar-refractivity contribution in [1.82, 2.24) is 10.6 Å². The van der Waals surface area contributed by atoms with Crippen molar-refractivity contribution < 1.29 is 9.47 Å². The van der Waals surface area contributed by atoms with Gasteiger partial charge in [-0.1, -0.05) is 37.3 Å². The van der Waals surface area contributed by atoms with Gasteiger partial charge in [0, 0.05) is 26.7 Å². The summed E-state index contributed by atoms with van der Waals surface area (Å²) in [6, 6.07) is 10.3. The van der Waals surface area contributed by atoms with E-state index >= 15 is 0 Å². The molecular formula is C19H32IN3O2. The molecule has 5 nitrogen and oxygen atoms in total. The van der Waals surface area contributed by atoms with Gasteiger partial charge in [0.25, 0.3) is 0 Å². The van der Waals surface area contributed by atoms with Crippen LogP contribution in [0.3, 0.4) is 0 Å². The van der Waals surface area contributed by atoms with Crippen LogP contribution in [0, 0.1) is 5.92 Å². The van der Waals surface area contributed by atoms with Gasteiger partial charge in [0.1, 0.15) is 0 Å². The van der Waals surface area contributed by atoms with E-state index in [2.05, 4.69) is 41.6 Å². The monoisotopic (exact) mass is 461 g/mol. The minimum atomic E-state index is -0.0674. The Morgan fingerprint density at radius 3 is 2.72 bits per heavy atom. The molecule has 1 aromatic rings. The van der Waals surface area contributed by atoms with E-state index in [1.807, 2.05) is 18.2 Å². The Morgan fingerprint density at radius 2 is 2.08 bits per heavy atom. The van der Waals surface area contributed by atoms with Gasteiger partial charge < -0.3 is 20.1 Å². The van der Waals surface area contributed by atoms with Crippen LogP contribution >= 0.6 is 24.0 Å². The molecule has 0 radical (unpaired) electrons. The lowest BCUT2D eigenvalue weighted by atomic mass is 10.0. The third kappa shape index (κ3) is 8.37. The second-order valence-corrected chi connectivity index (χ2v) is 6.81. The summed E-state index contributed by atoms with van der Waals surface area (Å²) in [5.74, 6) is 1.23. The molecule has 2 rings (SSSR count). The molecule has 2 atom stereocenters. The molecule has 0 bridgehead atoms. The van der Waals surface area contributed by atoms with E-state index in [-0.39, 0.29) is 29.6 Å². The topological polar surface area (TPSA) is 54.9 Å². The second kappa shape index (κ2) is 11.7. The van der Waals surface area contributed by atoms with Crippen LogP contribution in [0.15, 0.2) is 35.3 Å². The number of hydrogen-bond donors (Lipinski definition) is 2. The number of nitrogens with one attached hydrogen (secondary N) is 2. The van der Waals surface area contributed by atoms with E-state index in [0.717, 1.165) is 45.1 Å². The Kier molecular flexibility index (Phi) is 10.4. The van der Waals surface area contributed by atoms with Crippen molar-refractivity contribution in [3.8, 4) is 0 Å². The maximum atomic E-state index is 5.79. The summed E-state index contributed by atoms with van der Waals surface area (Å²) in [6.07, 6.45) is 2.24. The second-order valence-electron chi connectivity index (χ2n) is 6.81. The molecule has 1 saturated heterocycles. The van der Waals surface area contributed by atoms with Crippen molar-refractivity contribution in [2.24, 2.45) is 10.9 Å². The van der Waals surface area contributed by atoms with Gasteiger partial charge in [0.05, 0.1) is 18.8 Å². The first-order chi connectivity index (χ1) is 11.6. The van der Waals surface area contributed by atoms with Crippen molar-refractivity contribution in [2.45, 2.75) is 38.9 Å². The molecule has 0 spiro atoms. The largest absolute Gasteiger partial charge is 0.376 e. The molecule has 2 unspecified atom stereocenters. The fraction of sp³-hybridized carbons (Fsp3) is 0.632. The van der Waals surface area contributed by atoms with E-state index in [1.54, 1.807) is 7.05 Å². The number of guanidine groups is 1. The van der Waals surface area contributed by atoms with Crippen molar-refractivity contribution in [3.63, 3.8) is 0 Å². The van der Waals surface area contributed by atoms with Gasteiger partial charge in [-0.3, -0.25) is 4.99 Å². The molecule has 0 saturated carbocycles. The molecule has 1 heterocycles. The third-order valence-corrected chi connectivity index (χ3v) is 4.29. The van der Waals surface area contributed by atoms with Crippen LogP contribution in [0.4, 0.5) is 0 Å². The number of nitrogens with zero attached hydrogens (tertiary/aromatic N) is 1. The van der Waals surface area contributed by atoms with Crippen LogP contribution in [0.25, 0.3) is 0 Å². The van der Waals surface area contributed by atoms with Crippen LogP contribution in [-0.2, 0) is 16.1 Å². The Balaban J connectivity index is 0.00000312. The quantitative estimate of drug-likeness (QED) is 0.355. The van der Waals surface area contributed by atoms with Gasteiger partial charge in [0.15, 0.2) is 5.96 Å². The highest BCUT2D eigenvalue weighted by atomic mass is 127. The summed E-state index contributed by atoms with van der Waals surface area (Å²) in [5, 5.41) is 6.72. The zero-order valence-corrected chi connectivity index (χ0v) is 17.9. The van der Waals surface area contributed by atoms with Gasteiger partial charge >= 0.3 is 0 Å². The molecule has 1 aliphatic heterocycles. The van der Waals surface area contributed by atoms with Crippen molar-refractivity contribution in [2.75, 3.05) is 33.4 Å². The summed E-state index contributed by atoms with van der Waals surface area (Å²) < 4.78 is 11.6. The van der Waals surface area contributed by atoms with E-state index in [9.17, 15) is 0 Å². The molecule has 1 fully saturated rings. The predicted molar refractivity (Wildman–Crippen MR) is 114 cm³/mol. The predicted octanol–water partition coefficient (Wildman–Crippen LogP) is 3.19. The van der Waals surface area contributed by atoms with E-state index in [4.69, 9.17) is 9.47 Å². The average molecular weight is 461 g/mol. The summed E-state index contributed by atoms with van der Waals surface area (Å²) in [5.41, 5.74) is 1.14. The molecule has 0 amide bonds. The van der Waals surface area contributed by atoms with Crippen LogP contribution in [-0.4, -0.2) is 44.9 Å². The zero-order chi connectivity index (χ0) is 17.3. The van der Waals surface area contributed by atoms with Crippen LogP contribution in [0.2, 0.25) is 0 Å². The maximum absolute atomic E-state index is 5.79. The summed E-state index contributed by atoms with van der Waals surface area (Å²) in [6.45, 7) is 8.18. The highest BCUT2D eigenvalue weighted by Crippen LogP contribution is 2.23. The Morgan fingerprint density at radius 1 is 1.32 bits per heavy atom. The van der Waals surface area contributed by atoms with Crippen molar-refractivity contribution in [1.29, 1.82) is 0 Å². The number of ether oxygens (including phenoxy) is 2. The summed E-state index contributed by atoms with van der Waals surface area (Å²) in [7, 11) is 1.80. The lowest BCUT2D eigenvalue weighted by molar-refractivity contribution is 0.0242. The molecule has 1 aliphatic rings. The molecule has 142 valence electrons. The molecule has 0 aromatic heterocycles. The fourth-order valence-electron chi connectivity index (χ4n) is 2.75. The van der Waals surface area contributed by atoms with Gasteiger partial charge in [-0.15, -0.1) is 24.0 Å². The van der Waals surface area contributed by atoms with Gasteiger partial charge in [-0.2, -0.15) is 0 Å². The smallest absolute Gasteiger partial charge is 0.191 e. The van der Waals surface area contributed by atoms with Crippen molar-refractivity contribution >= 4 is 29.9 Å². The standard InChI is InChI=1S/C19H31N3O2.HI/c1-16(13-23-14-17-8-5-4-6-9-17)12-21-18(20-3)22-15-19(2)10-7-11-24-19;/h4-6,8-9,16H,7,10-15H2,1-3H3,(H2,20,21,22);1H. The Hall–Kier alpha value is -0.860. The number of benzene rings is 1. The highest BCUT2D eigenvalue weighted by molar-refractivity contribution is 14.0. The van der Waals surface area contributed by atoms with Gasteiger partial charge in [-0.05, 0) is 31.2 Å². The van der Waals surface area contributed by atoms with Gasteiger partial charge in [-0.25, -0.2) is 0 Å². The molecule has 25 heavy (non-hydrogen) atoms. The molecule has 0 aliphatic carbocycles. The lowest BCUT2D eigenvalue weighted by Gasteiger charge is -2.25. The number of hydrogen-bond acceptors (Lipinski definition) is 3. The SMILES string of the molecule is CN=C(NCC(C)COCc1ccccc1)NCC1(C)CCCO1.I. The summed E-state index contributed by atoms with van der Waals surface area (Å²) in [4.78, 5) is 4.28. The third-order valence-electron chi connectivity index (χ3n) is 4.29. The number of aliphatic imine (C=N–C) groups is 1. The molecular weight excluding hydrogens is 429 g/mol. The van der Waals surface area contributed by atoms with E-state index in [1.165, 1.54) is 5.56 Å². The molecule has 6 heteroatoms. The lowest BCUT2D eigenvalue weighted by Crippen LogP contribution is -2.46. The zero-order valence-electron chi connectivity index (χ0n) is 15.6. The minimum Gasteiger partial charge on any atom is -0.376 e. The Labute approximate surface area is 169 Å². The molecule has 1 aromatic carbocycles. The number of rotatable bonds is 8. The minimum absolute atomic E-state index is 0. The number of halogens is 1. The molecule has 2 N–H and O–H groups in total. The van der Waals surface area contributed by atoms with Crippen LogP contribution in [0.1, 0.15) is 32.3 Å². The van der Waals surface area contributed by atoms with E-state index in [0.29, 0.717) is 12.5 Å². The van der Waals surface area contributed by atoms with Gasteiger partial charge in [0.2, 0.25) is 0 Å². The van der Waals surface area contributed by atoms with Crippen LogP contribution < -0.4 is 10.6 Å². The normalized spacial score (nSPS) is 21.5. The Bertz CT molecular complexity index is 505. The average Bonchev–Trinajstić information content (AvgIpc) is 3.03. The maximum Gasteiger partial charge on any atom is 0.191 e. The summed E-state index contributed by atoms with van der Waals surface area (Å²) >= 11 is 0. The van der Waals surface area contributed by atoms with Crippen molar-refractivity contribution in [3.05, 3.63) is 35.9 Å². The van der Waals surface area contributed by atoms with Crippen LogP contribution in [0.5, 0.6) is 0 Å².